The summed E-state index contributed by atoms with van der Waals surface area (Å²) in [5, 5.41) is 0. The van der Waals surface area contributed by atoms with E-state index in [1.165, 1.54) is 33.6 Å². The fourth-order valence-corrected chi connectivity index (χ4v) is 3.97. The standard InChI is InChI=1S/C25H38N2/c1-9-18-13-22(26(5)6)14-19(10-2)24(18)17-25-20(11-3)15-23(27(7)8)16-21(25)12-4/h13-16H,9-12,17H2,1-8H3. The fraction of sp³-hybridized carbons (Fsp3) is 0.520. The number of anilines is 2. The van der Waals surface area contributed by atoms with E-state index < -0.39 is 0 Å². The first-order valence-electron chi connectivity index (χ1n) is 10.5. The highest BCUT2D eigenvalue weighted by atomic mass is 15.1. The highest BCUT2D eigenvalue weighted by molar-refractivity contribution is 5.58. The van der Waals surface area contributed by atoms with Crippen molar-refractivity contribution in [3.05, 3.63) is 57.6 Å². The van der Waals surface area contributed by atoms with Crippen LogP contribution in [0.2, 0.25) is 0 Å². The zero-order chi connectivity index (χ0) is 20.1. The highest BCUT2D eigenvalue weighted by Gasteiger charge is 2.16. The Morgan fingerprint density at radius 1 is 0.519 bits per heavy atom. The smallest absolute Gasteiger partial charge is 0.0366 e. The monoisotopic (exact) mass is 366 g/mol. The Labute approximate surface area is 167 Å². The second-order valence-corrected chi connectivity index (χ2v) is 7.86. The normalized spacial score (nSPS) is 11.0. The van der Waals surface area contributed by atoms with E-state index >= 15 is 0 Å². The van der Waals surface area contributed by atoms with E-state index in [1.54, 1.807) is 11.1 Å². The van der Waals surface area contributed by atoms with Crippen LogP contribution in [0.1, 0.15) is 61.1 Å². The molecule has 0 atom stereocenters. The lowest BCUT2D eigenvalue weighted by Gasteiger charge is -2.23. The molecule has 0 N–H and O–H groups in total. The van der Waals surface area contributed by atoms with Gasteiger partial charge in [0.1, 0.15) is 0 Å². The van der Waals surface area contributed by atoms with E-state index in [0.717, 1.165) is 32.1 Å². The van der Waals surface area contributed by atoms with Crippen molar-refractivity contribution in [2.45, 2.75) is 59.8 Å². The molecular weight excluding hydrogens is 328 g/mol. The van der Waals surface area contributed by atoms with Crippen LogP contribution in [0.4, 0.5) is 11.4 Å². The summed E-state index contributed by atoms with van der Waals surface area (Å²) >= 11 is 0. The fourth-order valence-electron chi connectivity index (χ4n) is 3.97. The van der Waals surface area contributed by atoms with Crippen LogP contribution in [0, 0.1) is 0 Å². The second kappa shape index (κ2) is 9.30. The summed E-state index contributed by atoms with van der Waals surface area (Å²) in [7, 11) is 8.55. The molecule has 0 bridgehead atoms. The van der Waals surface area contributed by atoms with Gasteiger partial charge < -0.3 is 9.80 Å². The topological polar surface area (TPSA) is 6.48 Å². The lowest BCUT2D eigenvalue weighted by atomic mass is 9.86. The van der Waals surface area contributed by atoms with E-state index in [9.17, 15) is 0 Å². The lowest BCUT2D eigenvalue weighted by Crippen LogP contribution is -2.13. The molecule has 148 valence electrons. The maximum Gasteiger partial charge on any atom is 0.0366 e. The van der Waals surface area contributed by atoms with Crippen molar-refractivity contribution in [2.75, 3.05) is 38.0 Å². The Balaban J connectivity index is 2.62. The molecule has 0 fully saturated rings. The summed E-state index contributed by atoms with van der Waals surface area (Å²) < 4.78 is 0. The van der Waals surface area contributed by atoms with Gasteiger partial charge in [0.2, 0.25) is 0 Å². The first-order chi connectivity index (χ1) is 12.9. The molecule has 2 aromatic rings. The molecule has 0 aromatic heterocycles. The molecule has 0 aliphatic heterocycles. The summed E-state index contributed by atoms with van der Waals surface area (Å²) in [6, 6.07) is 9.56. The molecule has 2 heteroatoms. The first-order valence-corrected chi connectivity index (χ1v) is 10.5. The third-order valence-electron chi connectivity index (χ3n) is 5.75. The van der Waals surface area contributed by atoms with Crippen molar-refractivity contribution in [1.29, 1.82) is 0 Å². The highest BCUT2D eigenvalue weighted by Crippen LogP contribution is 2.31. The van der Waals surface area contributed by atoms with Gasteiger partial charge in [-0.2, -0.15) is 0 Å². The van der Waals surface area contributed by atoms with E-state index in [4.69, 9.17) is 0 Å². The Morgan fingerprint density at radius 3 is 0.963 bits per heavy atom. The number of nitrogens with zero attached hydrogens (tertiary/aromatic N) is 2. The van der Waals surface area contributed by atoms with Crippen LogP contribution in [-0.2, 0) is 32.1 Å². The third kappa shape index (κ3) is 4.66. The summed E-state index contributed by atoms with van der Waals surface area (Å²) in [4.78, 5) is 4.45. The zero-order valence-corrected chi connectivity index (χ0v) is 18.7. The van der Waals surface area contributed by atoms with Crippen molar-refractivity contribution < 1.29 is 0 Å². The number of aryl methyl sites for hydroxylation is 4. The van der Waals surface area contributed by atoms with E-state index in [1.807, 2.05) is 0 Å². The lowest BCUT2D eigenvalue weighted by molar-refractivity contribution is 0.947. The average Bonchev–Trinajstić information content (AvgIpc) is 2.67. The van der Waals surface area contributed by atoms with Crippen molar-refractivity contribution in [1.82, 2.24) is 0 Å². The quantitative estimate of drug-likeness (QED) is 0.595. The Hall–Kier alpha value is -1.96. The predicted molar refractivity (Wildman–Crippen MR) is 122 cm³/mol. The van der Waals surface area contributed by atoms with Gasteiger partial charge in [0.15, 0.2) is 0 Å². The minimum Gasteiger partial charge on any atom is -0.378 e. The Morgan fingerprint density at radius 2 is 0.778 bits per heavy atom. The Kier molecular flexibility index (Phi) is 7.35. The molecule has 0 aliphatic rings. The molecule has 0 heterocycles. The second-order valence-electron chi connectivity index (χ2n) is 7.86. The van der Waals surface area contributed by atoms with Crippen LogP contribution in [0.15, 0.2) is 24.3 Å². The number of hydrogen-bond donors (Lipinski definition) is 0. The van der Waals surface area contributed by atoms with Crippen LogP contribution >= 0.6 is 0 Å². The van der Waals surface area contributed by atoms with Gasteiger partial charge in [-0.1, -0.05) is 27.7 Å². The van der Waals surface area contributed by atoms with Gasteiger partial charge >= 0.3 is 0 Å². The van der Waals surface area contributed by atoms with E-state index in [2.05, 4.69) is 90.0 Å². The van der Waals surface area contributed by atoms with Gasteiger partial charge in [0.25, 0.3) is 0 Å². The molecule has 2 aromatic carbocycles. The molecule has 0 aliphatic carbocycles. The summed E-state index contributed by atoms with van der Waals surface area (Å²) in [6.45, 7) is 9.14. The molecule has 2 rings (SSSR count). The van der Waals surface area contributed by atoms with Crippen molar-refractivity contribution in [3.8, 4) is 0 Å². The molecule has 0 amide bonds. The van der Waals surface area contributed by atoms with E-state index in [-0.39, 0.29) is 0 Å². The minimum atomic E-state index is 1.06. The Bertz CT molecular complexity index is 656. The van der Waals surface area contributed by atoms with Gasteiger partial charge in [0.05, 0.1) is 0 Å². The summed E-state index contributed by atoms with van der Waals surface area (Å²) in [5.74, 6) is 0. The predicted octanol–water partition coefficient (Wildman–Crippen LogP) is 5.66. The van der Waals surface area contributed by atoms with Crippen molar-refractivity contribution in [2.24, 2.45) is 0 Å². The first kappa shape index (κ1) is 21.3. The zero-order valence-electron chi connectivity index (χ0n) is 18.7. The van der Waals surface area contributed by atoms with Crippen LogP contribution in [0.25, 0.3) is 0 Å². The molecule has 0 spiro atoms. The molecular formula is C25H38N2. The minimum absolute atomic E-state index is 1.06. The number of rotatable bonds is 8. The van der Waals surface area contributed by atoms with Crippen molar-refractivity contribution >= 4 is 11.4 Å². The largest absolute Gasteiger partial charge is 0.378 e. The maximum absolute atomic E-state index is 2.39. The summed E-state index contributed by atoms with van der Waals surface area (Å²) in [5.41, 5.74) is 11.7. The van der Waals surface area contributed by atoms with Gasteiger partial charge in [-0.15, -0.1) is 0 Å². The van der Waals surface area contributed by atoms with Crippen LogP contribution in [-0.4, -0.2) is 28.2 Å². The van der Waals surface area contributed by atoms with Gasteiger partial charge in [-0.3, -0.25) is 0 Å². The maximum atomic E-state index is 2.39. The van der Waals surface area contributed by atoms with Gasteiger partial charge in [-0.25, -0.2) is 0 Å². The SMILES string of the molecule is CCc1cc(N(C)C)cc(CC)c1Cc1c(CC)cc(N(C)C)cc1CC. The van der Waals surface area contributed by atoms with E-state index in [0.29, 0.717) is 0 Å². The average molecular weight is 367 g/mol. The molecule has 0 saturated carbocycles. The van der Waals surface area contributed by atoms with Crippen LogP contribution in [0.5, 0.6) is 0 Å². The van der Waals surface area contributed by atoms with Gasteiger partial charge in [0, 0.05) is 39.6 Å². The molecule has 0 saturated heterocycles. The molecule has 0 unspecified atom stereocenters. The van der Waals surface area contributed by atoms with Gasteiger partial charge in [-0.05, 0) is 89.8 Å². The summed E-state index contributed by atoms with van der Waals surface area (Å²) in [6.07, 6.45) is 5.40. The third-order valence-corrected chi connectivity index (χ3v) is 5.75. The molecule has 2 nitrogen and oxygen atoms in total. The van der Waals surface area contributed by atoms with Crippen LogP contribution < -0.4 is 9.80 Å². The number of benzene rings is 2. The number of hydrogen-bond acceptors (Lipinski definition) is 2. The van der Waals surface area contributed by atoms with Crippen LogP contribution in [0.3, 0.4) is 0 Å². The molecule has 0 radical (unpaired) electrons. The van der Waals surface area contributed by atoms with Crippen molar-refractivity contribution in [3.63, 3.8) is 0 Å². The molecule has 27 heavy (non-hydrogen) atoms.